The lowest BCUT2D eigenvalue weighted by Gasteiger charge is -2.12. The van der Waals surface area contributed by atoms with Crippen molar-refractivity contribution in [1.29, 1.82) is 0 Å². The Kier molecular flexibility index (Phi) is 3.77. The molecule has 1 rings (SSSR count). The summed E-state index contributed by atoms with van der Waals surface area (Å²) in [6.45, 7) is 4.74. The zero-order chi connectivity index (χ0) is 9.68. The largest absolute Gasteiger partial charge is 0.491 e. The Balaban J connectivity index is 2.66. The zero-order valence-electron chi connectivity index (χ0n) is 8.29. The van der Waals surface area contributed by atoms with Crippen molar-refractivity contribution >= 4 is 0 Å². The molecule has 0 aliphatic heterocycles. The Morgan fingerprint density at radius 2 is 2.23 bits per heavy atom. The molecule has 0 bridgehead atoms. The smallest absolute Gasteiger partial charge is 0.120 e. The Bertz CT molecular complexity index is 260. The standard InChI is InChI=1S/C11H17NO/c1-3-9(2)13-11-6-4-5-10(7-11)8-12/h4-7,9H,3,8,12H2,1-2H3. The summed E-state index contributed by atoms with van der Waals surface area (Å²) in [7, 11) is 0. The summed E-state index contributed by atoms with van der Waals surface area (Å²) in [6, 6.07) is 7.93. The lowest BCUT2D eigenvalue weighted by molar-refractivity contribution is 0.217. The first kappa shape index (κ1) is 10.1. The second-order valence-corrected chi connectivity index (χ2v) is 3.19. The highest BCUT2D eigenvalue weighted by Crippen LogP contribution is 2.15. The van der Waals surface area contributed by atoms with E-state index in [1.807, 2.05) is 24.3 Å². The minimum absolute atomic E-state index is 0.271. The van der Waals surface area contributed by atoms with Crippen LogP contribution >= 0.6 is 0 Å². The summed E-state index contributed by atoms with van der Waals surface area (Å²) in [5.74, 6) is 0.914. The fourth-order valence-corrected chi connectivity index (χ4v) is 1.06. The van der Waals surface area contributed by atoms with Gasteiger partial charge in [0.15, 0.2) is 0 Å². The van der Waals surface area contributed by atoms with E-state index in [-0.39, 0.29) is 6.10 Å². The lowest BCUT2D eigenvalue weighted by atomic mass is 10.2. The first-order chi connectivity index (χ1) is 6.26. The van der Waals surface area contributed by atoms with E-state index in [0.29, 0.717) is 6.54 Å². The Labute approximate surface area is 79.7 Å². The van der Waals surface area contributed by atoms with Crippen molar-refractivity contribution < 1.29 is 4.74 Å². The highest BCUT2D eigenvalue weighted by atomic mass is 16.5. The van der Waals surface area contributed by atoms with Gasteiger partial charge in [0.25, 0.3) is 0 Å². The maximum absolute atomic E-state index is 5.65. The van der Waals surface area contributed by atoms with Gasteiger partial charge >= 0.3 is 0 Å². The van der Waals surface area contributed by atoms with Gasteiger partial charge < -0.3 is 10.5 Å². The molecule has 0 heterocycles. The van der Waals surface area contributed by atoms with Crippen LogP contribution < -0.4 is 10.5 Å². The van der Waals surface area contributed by atoms with Crippen LogP contribution in [-0.2, 0) is 6.54 Å². The van der Waals surface area contributed by atoms with Gasteiger partial charge in [-0.2, -0.15) is 0 Å². The van der Waals surface area contributed by atoms with Crippen LogP contribution in [0.1, 0.15) is 25.8 Å². The Morgan fingerprint density at radius 3 is 2.85 bits per heavy atom. The van der Waals surface area contributed by atoms with Crippen LogP contribution in [0.5, 0.6) is 5.75 Å². The van der Waals surface area contributed by atoms with Gasteiger partial charge in [0.2, 0.25) is 0 Å². The maximum atomic E-state index is 5.65. The van der Waals surface area contributed by atoms with E-state index in [2.05, 4.69) is 13.8 Å². The van der Waals surface area contributed by atoms with Gasteiger partial charge in [0.1, 0.15) is 5.75 Å². The third-order valence-electron chi connectivity index (χ3n) is 2.05. The summed E-state index contributed by atoms with van der Waals surface area (Å²) in [6.07, 6.45) is 1.29. The van der Waals surface area contributed by atoms with E-state index in [1.54, 1.807) is 0 Å². The normalized spacial score (nSPS) is 12.5. The molecule has 0 saturated heterocycles. The van der Waals surface area contributed by atoms with E-state index in [0.717, 1.165) is 17.7 Å². The Morgan fingerprint density at radius 1 is 1.46 bits per heavy atom. The van der Waals surface area contributed by atoms with Crippen molar-refractivity contribution in [2.45, 2.75) is 32.9 Å². The van der Waals surface area contributed by atoms with Gasteiger partial charge in [-0.25, -0.2) is 0 Å². The van der Waals surface area contributed by atoms with Gasteiger partial charge in [0, 0.05) is 6.54 Å². The van der Waals surface area contributed by atoms with Gasteiger partial charge in [-0.15, -0.1) is 0 Å². The van der Waals surface area contributed by atoms with E-state index in [9.17, 15) is 0 Å². The molecule has 0 saturated carbocycles. The van der Waals surface area contributed by atoms with Crippen LogP contribution in [-0.4, -0.2) is 6.10 Å². The van der Waals surface area contributed by atoms with Gasteiger partial charge in [-0.1, -0.05) is 19.1 Å². The van der Waals surface area contributed by atoms with Gasteiger partial charge in [0.05, 0.1) is 6.10 Å². The molecular weight excluding hydrogens is 162 g/mol. The van der Waals surface area contributed by atoms with E-state index >= 15 is 0 Å². The summed E-state index contributed by atoms with van der Waals surface area (Å²) >= 11 is 0. The monoisotopic (exact) mass is 179 g/mol. The molecular formula is C11H17NO. The molecule has 0 aliphatic rings. The maximum Gasteiger partial charge on any atom is 0.120 e. The molecule has 0 spiro atoms. The lowest BCUT2D eigenvalue weighted by Crippen LogP contribution is -2.10. The molecule has 0 radical (unpaired) electrons. The highest BCUT2D eigenvalue weighted by molar-refractivity contribution is 5.28. The van der Waals surface area contributed by atoms with Crippen LogP contribution in [0.3, 0.4) is 0 Å². The molecule has 13 heavy (non-hydrogen) atoms. The number of ether oxygens (including phenoxy) is 1. The van der Waals surface area contributed by atoms with Crippen molar-refractivity contribution in [3.05, 3.63) is 29.8 Å². The average molecular weight is 179 g/mol. The van der Waals surface area contributed by atoms with E-state index < -0.39 is 0 Å². The van der Waals surface area contributed by atoms with Gasteiger partial charge in [-0.3, -0.25) is 0 Å². The molecule has 2 heteroatoms. The summed E-state index contributed by atoms with van der Waals surface area (Å²) in [5.41, 5.74) is 6.64. The molecule has 0 fully saturated rings. The van der Waals surface area contributed by atoms with Crippen molar-refractivity contribution in [2.75, 3.05) is 0 Å². The van der Waals surface area contributed by atoms with Crippen LogP contribution in [0, 0.1) is 0 Å². The second-order valence-electron chi connectivity index (χ2n) is 3.19. The summed E-state index contributed by atoms with van der Waals surface area (Å²) < 4.78 is 5.65. The van der Waals surface area contributed by atoms with E-state index in [4.69, 9.17) is 10.5 Å². The molecule has 2 nitrogen and oxygen atoms in total. The number of nitrogens with two attached hydrogens (primary N) is 1. The number of rotatable bonds is 4. The van der Waals surface area contributed by atoms with E-state index in [1.165, 1.54) is 0 Å². The van der Waals surface area contributed by atoms with Crippen LogP contribution in [0.2, 0.25) is 0 Å². The predicted octanol–water partition coefficient (Wildman–Crippen LogP) is 2.32. The highest BCUT2D eigenvalue weighted by Gasteiger charge is 2.00. The number of hydrogen-bond donors (Lipinski definition) is 1. The molecule has 0 aromatic heterocycles. The van der Waals surface area contributed by atoms with Crippen molar-refractivity contribution in [3.8, 4) is 5.75 Å². The first-order valence-corrected chi connectivity index (χ1v) is 4.72. The molecule has 0 aliphatic carbocycles. The fourth-order valence-electron chi connectivity index (χ4n) is 1.06. The van der Waals surface area contributed by atoms with Crippen LogP contribution in [0.25, 0.3) is 0 Å². The minimum atomic E-state index is 0.271. The quantitative estimate of drug-likeness (QED) is 0.769. The third kappa shape index (κ3) is 3.07. The topological polar surface area (TPSA) is 35.2 Å². The third-order valence-corrected chi connectivity index (χ3v) is 2.05. The first-order valence-electron chi connectivity index (χ1n) is 4.72. The molecule has 1 aromatic carbocycles. The van der Waals surface area contributed by atoms with Crippen LogP contribution in [0.4, 0.5) is 0 Å². The predicted molar refractivity (Wildman–Crippen MR) is 54.7 cm³/mol. The molecule has 1 unspecified atom stereocenters. The summed E-state index contributed by atoms with van der Waals surface area (Å²) in [5, 5.41) is 0. The molecule has 0 amide bonds. The van der Waals surface area contributed by atoms with Crippen molar-refractivity contribution in [1.82, 2.24) is 0 Å². The average Bonchev–Trinajstić information content (AvgIpc) is 2.18. The molecule has 72 valence electrons. The van der Waals surface area contributed by atoms with Crippen molar-refractivity contribution in [3.63, 3.8) is 0 Å². The molecule has 1 aromatic rings. The summed E-state index contributed by atoms with van der Waals surface area (Å²) in [4.78, 5) is 0. The zero-order valence-corrected chi connectivity index (χ0v) is 8.29. The van der Waals surface area contributed by atoms with Gasteiger partial charge in [-0.05, 0) is 31.0 Å². The number of hydrogen-bond acceptors (Lipinski definition) is 2. The second kappa shape index (κ2) is 4.87. The SMILES string of the molecule is CCC(C)Oc1cccc(CN)c1. The minimum Gasteiger partial charge on any atom is -0.491 e. The Hall–Kier alpha value is -1.02. The molecule has 2 N–H and O–H groups in total. The molecule has 1 atom stereocenters. The van der Waals surface area contributed by atoms with Crippen molar-refractivity contribution in [2.24, 2.45) is 5.73 Å². The number of benzene rings is 1. The van der Waals surface area contributed by atoms with Crippen LogP contribution in [0.15, 0.2) is 24.3 Å². The fraction of sp³-hybridized carbons (Fsp3) is 0.455.